The maximum absolute atomic E-state index is 10.8. The van der Waals surface area contributed by atoms with Gasteiger partial charge in [-0.15, -0.1) is 0 Å². The van der Waals surface area contributed by atoms with Crippen molar-refractivity contribution in [2.75, 3.05) is 26.7 Å². The van der Waals surface area contributed by atoms with Crippen molar-refractivity contribution in [1.29, 1.82) is 0 Å². The molecule has 5 nitrogen and oxygen atoms in total. The van der Waals surface area contributed by atoms with E-state index < -0.39 is 0 Å². The zero-order valence-corrected chi connectivity index (χ0v) is 6.29. The van der Waals surface area contributed by atoms with Gasteiger partial charge in [-0.1, -0.05) is 0 Å². The molecule has 0 atom stereocenters. The van der Waals surface area contributed by atoms with Gasteiger partial charge in [-0.3, -0.25) is 4.79 Å². The molecule has 5 heteroatoms. The molecule has 1 rings (SSSR count). The molecule has 0 bridgehead atoms. The summed E-state index contributed by atoms with van der Waals surface area (Å²) in [6, 6.07) is -0.199. The van der Waals surface area contributed by atoms with Crippen molar-refractivity contribution in [3.8, 4) is 0 Å². The zero-order valence-electron chi connectivity index (χ0n) is 6.29. The van der Waals surface area contributed by atoms with Crippen LogP contribution in [0.2, 0.25) is 0 Å². The van der Waals surface area contributed by atoms with Crippen molar-refractivity contribution in [2.24, 2.45) is 0 Å². The predicted octanol–water partition coefficient (Wildman–Crippen LogP) is -0.815. The molecule has 0 aromatic rings. The van der Waals surface area contributed by atoms with E-state index in [4.69, 9.17) is 0 Å². The van der Waals surface area contributed by atoms with Crippen LogP contribution in [-0.2, 0) is 9.53 Å². The van der Waals surface area contributed by atoms with Crippen LogP contribution in [0.25, 0.3) is 0 Å². The first-order valence-electron chi connectivity index (χ1n) is 3.33. The van der Waals surface area contributed by atoms with E-state index in [0.717, 1.165) is 0 Å². The van der Waals surface area contributed by atoms with Crippen LogP contribution in [0.3, 0.4) is 0 Å². The molecule has 2 amide bonds. The largest absolute Gasteiger partial charge is 0.468 e. The fourth-order valence-corrected chi connectivity index (χ4v) is 0.882. The third-order valence-electron chi connectivity index (χ3n) is 1.49. The second-order valence-corrected chi connectivity index (χ2v) is 2.23. The van der Waals surface area contributed by atoms with E-state index in [2.05, 4.69) is 10.1 Å². The highest BCUT2D eigenvalue weighted by molar-refractivity contribution is 5.82. The Morgan fingerprint density at radius 1 is 1.82 bits per heavy atom. The van der Waals surface area contributed by atoms with Crippen LogP contribution in [0, 0.1) is 0 Å². The molecule has 1 heterocycles. The number of amides is 2. The molecule has 0 saturated carbocycles. The number of hydrogen-bond acceptors (Lipinski definition) is 3. The normalized spacial score (nSPS) is 16.5. The molecule has 0 spiro atoms. The zero-order chi connectivity index (χ0) is 8.27. The number of esters is 1. The first-order valence-corrected chi connectivity index (χ1v) is 3.33. The Morgan fingerprint density at radius 2 is 2.55 bits per heavy atom. The van der Waals surface area contributed by atoms with Gasteiger partial charge < -0.3 is 15.0 Å². The molecule has 0 unspecified atom stereocenters. The smallest absolute Gasteiger partial charge is 0.325 e. The summed E-state index contributed by atoms with van der Waals surface area (Å²) in [6.07, 6.45) is 0. The van der Waals surface area contributed by atoms with Gasteiger partial charge in [0.15, 0.2) is 0 Å². The Labute approximate surface area is 64.3 Å². The molecule has 1 fully saturated rings. The summed E-state index contributed by atoms with van der Waals surface area (Å²) in [5.74, 6) is -0.387. The summed E-state index contributed by atoms with van der Waals surface area (Å²) in [5, 5.41) is 2.58. The van der Waals surface area contributed by atoms with E-state index in [1.165, 1.54) is 12.0 Å². The van der Waals surface area contributed by atoms with Gasteiger partial charge in [0.05, 0.1) is 7.11 Å². The van der Waals surface area contributed by atoms with Gasteiger partial charge in [0.2, 0.25) is 0 Å². The number of urea groups is 1. The van der Waals surface area contributed by atoms with Gasteiger partial charge in [-0.2, -0.15) is 0 Å². The predicted molar refractivity (Wildman–Crippen MR) is 37.0 cm³/mol. The van der Waals surface area contributed by atoms with E-state index in [-0.39, 0.29) is 18.5 Å². The number of rotatable bonds is 2. The summed E-state index contributed by atoms with van der Waals surface area (Å²) in [4.78, 5) is 22.9. The fraction of sp³-hybridized carbons (Fsp3) is 0.667. The highest BCUT2D eigenvalue weighted by atomic mass is 16.5. The second-order valence-electron chi connectivity index (χ2n) is 2.23. The number of hydrogen-bond donors (Lipinski definition) is 1. The average Bonchev–Trinajstić information content (AvgIpc) is 2.37. The molecule has 0 aromatic carbocycles. The monoisotopic (exact) mass is 158 g/mol. The van der Waals surface area contributed by atoms with E-state index >= 15 is 0 Å². The Hall–Kier alpha value is -1.26. The summed E-state index contributed by atoms with van der Waals surface area (Å²) in [7, 11) is 1.30. The lowest BCUT2D eigenvalue weighted by Gasteiger charge is -2.10. The standard InChI is InChI=1S/C6H10N2O3/c1-11-5(9)4-8-3-2-7-6(8)10/h2-4H2,1H3,(H,7,10). The van der Waals surface area contributed by atoms with Crippen molar-refractivity contribution in [3.63, 3.8) is 0 Å². The summed E-state index contributed by atoms with van der Waals surface area (Å²) < 4.78 is 4.40. The number of nitrogens with one attached hydrogen (secondary N) is 1. The van der Waals surface area contributed by atoms with Crippen LogP contribution in [0.5, 0.6) is 0 Å². The van der Waals surface area contributed by atoms with Crippen LogP contribution in [0.1, 0.15) is 0 Å². The Balaban J connectivity index is 2.36. The van der Waals surface area contributed by atoms with Gasteiger partial charge >= 0.3 is 12.0 Å². The van der Waals surface area contributed by atoms with Gasteiger partial charge in [0.25, 0.3) is 0 Å². The minimum atomic E-state index is -0.387. The lowest BCUT2D eigenvalue weighted by molar-refractivity contribution is -0.141. The molecule has 0 radical (unpaired) electrons. The van der Waals surface area contributed by atoms with E-state index in [0.29, 0.717) is 13.1 Å². The molecule has 62 valence electrons. The molecular formula is C6H10N2O3. The average molecular weight is 158 g/mol. The van der Waals surface area contributed by atoms with Crippen molar-refractivity contribution in [1.82, 2.24) is 10.2 Å². The minimum Gasteiger partial charge on any atom is -0.468 e. The molecule has 1 aliphatic rings. The third kappa shape index (κ3) is 1.83. The van der Waals surface area contributed by atoms with Gasteiger partial charge in [0.1, 0.15) is 6.54 Å². The van der Waals surface area contributed by atoms with E-state index in [1.807, 2.05) is 0 Å². The second kappa shape index (κ2) is 3.23. The topological polar surface area (TPSA) is 58.6 Å². The van der Waals surface area contributed by atoms with Gasteiger partial charge in [0, 0.05) is 13.1 Å². The highest BCUT2D eigenvalue weighted by Gasteiger charge is 2.21. The molecular weight excluding hydrogens is 148 g/mol. The van der Waals surface area contributed by atoms with E-state index in [9.17, 15) is 9.59 Å². The fourth-order valence-electron chi connectivity index (χ4n) is 0.882. The van der Waals surface area contributed by atoms with Crippen LogP contribution >= 0.6 is 0 Å². The number of carbonyl (C=O) groups is 2. The Bertz CT molecular complexity index is 181. The number of nitrogens with zero attached hydrogens (tertiary/aromatic N) is 1. The first-order chi connectivity index (χ1) is 5.24. The van der Waals surface area contributed by atoms with Crippen molar-refractivity contribution in [3.05, 3.63) is 0 Å². The van der Waals surface area contributed by atoms with Crippen molar-refractivity contribution in [2.45, 2.75) is 0 Å². The summed E-state index contributed by atoms with van der Waals surface area (Å²) >= 11 is 0. The SMILES string of the molecule is COC(=O)CN1CCNC1=O. The first kappa shape index (κ1) is 7.84. The van der Waals surface area contributed by atoms with Crippen molar-refractivity contribution < 1.29 is 14.3 Å². The third-order valence-corrected chi connectivity index (χ3v) is 1.49. The van der Waals surface area contributed by atoms with Crippen LogP contribution in [0.4, 0.5) is 4.79 Å². The molecule has 1 N–H and O–H groups in total. The van der Waals surface area contributed by atoms with Crippen LogP contribution in [-0.4, -0.2) is 43.6 Å². The maximum atomic E-state index is 10.8. The quantitative estimate of drug-likeness (QED) is 0.534. The van der Waals surface area contributed by atoms with Crippen molar-refractivity contribution >= 4 is 12.0 Å². The van der Waals surface area contributed by atoms with Gasteiger partial charge in [-0.25, -0.2) is 4.79 Å². The number of carbonyl (C=O) groups excluding carboxylic acids is 2. The Kier molecular flexibility index (Phi) is 2.30. The Morgan fingerprint density at radius 3 is 3.00 bits per heavy atom. The van der Waals surface area contributed by atoms with Crippen LogP contribution < -0.4 is 5.32 Å². The molecule has 1 aliphatic heterocycles. The van der Waals surface area contributed by atoms with Crippen LogP contribution in [0.15, 0.2) is 0 Å². The van der Waals surface area contributed by atoms with E-state index in [1.54, 1.807) is 0 Å². The maximum Gasteiger partial charge on any atom is 0.325 e. The molecule has 1 saturated heterocycles. The highest BCUT2D eigenvalue weighted by Crippen LogP contribution is 1.95. The lowest BCUT2D eigenvalue weighted by Crippen LogP contribution is -2.33. The lowest BCUT2D eigenvalue weighted by atomic mass is 10.5. The number of ether oxygens (including phenoxy) is 1. The summed E-state index contributed by atoms with van der Waals surface area (Å²) in [6.45, 7) is 1.23. The number of methoxy groups -OCH3 is 1. The summed E-state index contributed by atoms with van der Waals surface area (Å²) in [5.41, 5.74) is 0. The van der Waals surface area contributed by atoms with Gasteiger partial charge in [-0.05, 0) is 0 Å². The molecule has 0 aliphatic carbocycles. The molecule has 0 aromatic heterocycles. The molecule has 11 heavy (non-hydrogen) atoms. The minimum absolute atomic E-state index is 0.0440.